The van der Waals surface area contributed by atoms with E-state index in [1.165, 1.54) is 7.11 Å². The van der Waals surface area contributed by atoms with Crippen LogP contribution in [0.3, 0.4) is 0 Å². The van der Waals surface area contributed by atoms with Crippen LogP contribution < -0.4 is 5.32 Å². The highest BCUT2D eigenvalue weighted by Gasteiger charge is 2.31. The second-order valence-electron chi connectivity index (χ2n) is 5.18. The Morgan fingerprint density at radius 3 is 2.84 bits per heavy atom. The maximum absolute atomic E-state index is 12.0. The van der Waals surface area contributed by atoms with Crippen molar-refractivity contribution in [2.24, 2.45) is 5.92 Å². The molecule has 2 atom stereocenters. The van der Waals surface area contributed by atoms with Gasteiger partial charge in [0, 0.05) is 13.1 Å². The van der Waals surface area contributed by atoms with E-state index in [-0.39, 0.29) is 23.8 Å². The highest BCUT2D eigenvalue weighted by atomic mass is 16.5. The number of methoxy groups -OCH3 is 1. The van der Waals surface area contributed by atoms with Crippen LogP contribution in [0.15, 0.2) is 0 Å². The molecule has 0 spiro atoms. The molecule has 0 aromatic heterocycles. The fourth-order valence-electron chi connectivity index (χ4n) is 2.42. The van der Waals surface area contributed by atoms with Crippen LogP contribution in [0.25, 0.3) is 0 Å². The SMILES string of the molecule is CCCCNC(=O)C(C)N1CCCC(C(=O)OC)C1. The predicted octanol–water partition coefficient (Wildman–Crippen LogP) is 1.18. The number of nitrogens with one attached hydrogen (secondary N) is 1. The van der Waals surface area contributed by atoms with E-state index in [1.54, 1.807) is 0 Å². The first-order valence-corrected chi connectivity index (χ1v) is 7.19. The molecule has 0 aromatic carbocycles. The van der Waals surface area contributed by atoms with Crippen LogP contribution in [0, 0.1) is 5.92 Å². The highest BCUT2D eigenvalue weighted by molar-refractivity contribution is 5.81. The van der Waals surface area contributed by atoms with E-state index in [2.05, 4.69) is 17.1 Å². The Morgan fingerprint density at radius 1 is 1.47 bits per heavy atom. The molecule has 0 bridgehead atoms. The van der Waals surface area contributed by atoms with Crippen molar-refractivity contribution in [3.63, 3.8) is 0 Å². The van der Waals surface area contributed by atoms with Gasteiger partial charge < -0.3 is 10.1 Å². The summed E-state index contributed by atoms with van der Waals surface area (Å²) in [4.78, 5) is 25.6. The summed E-state index contributed by atoms with van der Waals surface area (Å²) in [7, 11) is 1.42. The van der Waals surface area contributed by atoms with Crippen molar-refractivity contribution < 1.29 is 14.3 Å². The van der Waals surface area contributed by atoms with Gasteiger partial charge in [0.25, 0.3) is 0 Å². The summed E-state index contributed by atoms with van der Waals surface area (Å²) in [6.07, 6.45) is 3.87. The Labute approximate surface area is 115 Å². The van der Waals surface area contributed by atoms with Crippen molar-refractivity contribution >= 4 is 11.9 Å². The second kappa shape index (κ2) is 8.15. The van der Waals surface area contributed by atoms with Crippen LogP contribution in [0.4, 0.5) is 0 Å². The first-order valence-electron chi connectivity index (χ1n) is 7.19. The second-order valence-corrected chi connectivity index (χ2v) is 5.18. The predicted molar refractivity (Wildman–Crippen MR) is 73.7 cm³/mol. The van der Waals surface area contributed by atoms with Gasteiger partial charge in [-0.1, -0.05) is 13.3 Å². The summed E-state index contributed by atoms with van der Waals surface area (Å²) >= 11 is 0. The third-order valence-corrected chi connectivity index (χ3v) is 3.74. The van der Waals surface area contributed by atoms with Gasteiger partial charge in [0.15, 0.2) is 0 Å². The molecular formula is C14H26N2O3. The fraction of sp³-hybridized carbons (Fsp3) is 0.857. The number of rotatable bonds is 6. The fourth-order valence-corrected chi connectivity index (χ4v) is 2.42. The van der Waals surface area contributed by atoms with E-state index < -0.39 is 0 Å². The van der Waals surface area contributed by atoms with Crippen LogP contribution in [0.2, 0.25) is 0 Å². The van der Waals surface area contributed by atoms with Crippen LogP contribution in [0.1, 0.15) is 39.5 Å². The Hall–Kier alpha value is -1.10. The molecule has 1 fully saturated rings. The molecule has 0 aromatic rings. The van der Waals surface area contributed by atoms with Crippen molar-refractivity contribution in [2.45, 2.75) is 45.6 Å². The Kier molecular flexibility index (Phi) is 6.84. The van der Waals surface area contributed by atoms with Crippen molar-refractivity contribution in [3.8, 4) is 0 Å². The van der Waals surface area contributed by atoms with Crippen molar-refractivity contribution in [2.75, 3.05) is 26.7 Å². The number of hydrogen-bond donors (Lipinski definition) is 1. The number of carbonyl (C=O) groups is 2. The zero-order valence-electron chi connectivity index (χ0n) is 12.3. The molecule has 1 rings (SSSR count). The number of likely N-dealkylation sites (tertiary alicyclic amines) is 1. The van der Waals surface area contributed by atoms with E-state index in [9.17, 15) is 9.59 Å². The maximum Gasteiger partial charge on any atom is 0.309 e. The van der Waals surface area contributed by atoms with Crippen LogP contribution in [-0.2, 0) is 14.3 Å². The Bertz CT molecular complexity index is 307. The van der Waals surface area contributed by atoms with Crippen molar-refractivity contribution in [1.82, 2.24) is 10.2 Å². The smallest absolute Gasteiger partial charge is 0.309 e. The Balaban J connectivity index is 2.44. The number of esters is 1. The molecule has 0 aliphatic carbocycles. The minimum atomic E-state index is -0.177. The third kappa shape index (κ3) is 4.82. The average Bonchev–Trinajstić information content (AvgIpc) is 2.45. The first-order chi connectivity index (χ1) is 9.10. The zero-order chi connectivity index (χ0) is 14.3. The normalized spacial score (nSPS) is 21.7. The molecule has 110 valence electrons. The monoisotopic (exact) mass is 270 g/mol. The summed E-state index contributed by atoms with van der Waals surface area (Å²) < 4.78 is 4.79. The molecule has 5 heteroatoms. The van der Waals surface area contributed by atoms with Gasteiger partial charge in [0.05, 0.1) is 19.1 Å². The average molecular weight is 270 g/mol. The van der Waals surface area contributed by atoms with E-state index >= 15 is 0 Å². The topological polar surface area (TPSA) is 58.6 Å². The van der Waals surface area contributed by atoms with Gasteiger partial charge in [-0.15, -0.1) is 0 Å². The van der Waals surface area contributed by atoms with Crippen molar-refractivity contribution in [3.05, 3.63) is 0 Å². The van der Waals surface area contributed by atoms with E-state index in [0.717, 1.165) is 38.8 Å². The number of hydrogen-bond acceptors (Lipinski definition) is 4. The molecule has 19 heavy (non-hydrogen) atoms. The summed E-state index contributed by atoms with van der Waals surface area (Å²) in [5.41, 5.74) is 0. The molecule has 1 saturated heterocycles. The van der Waals surface area contributed by atoms with Gasteiger partial charge in [-0.05, 0) is 32.7 Å². The minimum absolute atomic E-state index is 0.0546. The molecule has 5 nitrogen and oxygen atoms in total. The summed E-state index contributed by atoms with van der Waals surface area (Å²) in [6.45, 7) is 6.22. The molecule has 1 aliphatic heterocycles. The highest BCUT2D eigenvalue weighted by Crippen LogP contribution is 2.19. The molecule has 1 N–H and O–H groups in total. The zero-order valence-corrected chi connectivity index (χ0v) is 12.3. The standard InChI is InChI=1S/C14H26N2O3/c1-4-5-8-15-13(17)11(2)16-9-6-7-12(10-16)14(18)19-3/h11-12H,4-10H2,1-3H3,(H,15,17). The quantitative estimate of drug-likeness (QED) is 0.581. The lowest BCUT2D eigenvalue weighted by atomic mass is 9.97. The number of unbranched alkanes of at least 4 members (excludes halogenated alkanes) is 1. The summed E-state index contributed by atoms with van der Waals surface area (Å²) in [5, 5.41) is 2.94. The number of ether oxygens (including phenoxy) is 1. The number of carbonyl (C=O) groups excluding carboxylic acids is 2. The lowest BCUT2D eigenvalue weighted by Crippen LogP contribution is -2.50. The largest absolute Gasteiger partial charge is 0.469 e. The molecule has 1 amide bonds. The Morgan fingerprint density at radius 2 is 2.21 bits per heavy atom. The van der Waals surface area contributed by atoms with Gasteiger partial charge in [-0.25, -0.2) is 0 Å². The summed E-state index contributed by atoms with van der Waals surface area (Å²) in [5.74, 6) is -0.202. The maximum atomic E-state index is 12.0. The van der Waals surface area contributed by atoms with Crippen LogP contribution >= 0.6 is 0 Å². The van der Waals surface area contributed by atoms with Gasteiger partial charge in [-0.3, -0.25) is 14.5 Å². The van der Waals surface area contributed by atoms with Gasteiger partial charge >= 0.3 is 5.97 Å². The molecule has 0 saturated carbocycles. The van der Waals surface area contributed by atoms with Gasteiger partial charge in [0.2, 0.25) is 5.91 Å². The molecule has 1 heterocycles. The van der Waals surface area contributed by atoms with E-state index in [0.29, 0.717) is 6.54 Å². The lowest BCUT2D eigenvalue weighted by molar-refractivity contribution is -0.148. The van der Waals surface area contributed by atoms with Crippen molar-refractivity contribution in [1.29, 1.82) is 0 Å². The first kappa shape index (κ1) is 16.0. The minimum Gasteiger partial charge on any atom is -0.469 e. The number of amides is 1. The molecule has 2 unspecified atom stereocenters. The van der Waals surface area contributed by atoms with E-state index in [4.69, 9.17) is 4.74 Å². The van der Waals surface area contributed by atoms with Gasteiger partial charge in [-0.2, -0.15) is 0 Å². The number of piperidine rings is 1. The summed E-state index contributed by atoms with van der Waals surface area (Å²) in [6, 6.07) is -0.177. The van der Waals surface area contributed by atoms with Crippen LogP contribution in [0.5, 0.6) is 0 Å². The molecular weight excluding hydrogens is 244 g/mol. The van der Waals surface area contributed by atoms with Crippen LogP contribution in [-0.4, -0.2) is 49.6 Å². The van der Waals surface area contributed by atoms with E-state index in [1.807, 2.05) is 6.92 Å². The molecule has 0 radical (unpaired) electrons. The third-order valence-electron chi connectivity index (χ3n) is 3.74. The lowest BCUT2D eigenvalue weighted by Gasteiger charge is -2.34. The number of nitrogens with zero attached hydrogens (tertiary/aromatic N) is 1. The van der Waals surface area contributed by atoms with Gasteiger partial charge in [0.1, 0.15) is 0 Å². The molecule has 1 aliphatic rings.